The lowest BCUT2D eigenvalue weighted by Gasteiger charge is -2.38. The van der Waals surface area contributed by atoms with Crippen molar-refractivity contribution >= 4 is 0 Å². The maximum Gasteiger partial charge on any atom is 0.0550 e. The molecular weight excluding hydrogens is 136 g/mol. The van der Waals surface area contributed by atoms with Crippen molar-refractivity contribution < 1.29 is 5.11 Å². The Kier molecular flexibility index (Phi) is 1.39. The lowest BCUT2D eigenvalue weighted by atomic mass is 9.69. The van der Waals surface area contributed by atoms with Gasteiger partial charge >= 0.3 is 0 Å². The third-order valence-electron chi connectivity index (χ3n) is 3.27. The molecule has 64 valence electrons. The summed E-state index contributed by atoms with van der Waals surface area (Å²) in [5.74, 6) is 0. The van der Waals surface area contributed by atoms with E-state index in [2.05, 4.69) is 13.8 Å². The summed E-state index contributed by atoms with van der Waals surface area (Å²) in [6, 6.07) is 0. The van der Waals surface area contributed by atoms with Crippen LogP contribution in [-0.2, 0) is 0 Å². The van der Waals surface area contributed by atoms with Crippen molar-refractivity contribution in [3.8, 4) is 0 Å². The van der Waals surface area contributed by atoms with Gasteiger partial charge in [-0.2, -0.15) is 0 Å². The van der Waals surface area contributed by atoms with Gasteiger partial charge in [0.1, 0.15) is 0 Å². The average Bonchev–Trinajstić information content (AvgIpc) is 2.41. The lowest BCUT2D eigenvalue weighted by molar-refractivity contribution is 0.0250. The first-order valence-electron chi connectivity index (χ1n) is 4.70. The smallest absolute Gasteiger partial charge is 0.0550 e. The Balaban J connectivity index is 2.09. The molecule has 11 heavy (non-hydrogen) atoms. The Morgan fingerprint density at radius 3 is 2.27 bits per heavy atom. The topological polar surface area (TPSA) is 20.2 Å². The zero-order valence-corrected chi connectivity index (χ0v) is 7.56. The lowest BCUT2D eigenvalue weighted by Crippen LogP contribution is -2.32. The molecule has 0 aromatic rings. The normalized spacial score (nSPS) is 39.0. The van der Waals surface area contributed by atoms with Crippen LogP contribution in [0.15, 0.2) is 0 Å². The first-order chi connectivity index (χ1) is 5.02. The van der Waals surface area contributed by atoms with Gasteiger partial charge in [-0.25, -0.2) is 0 Å². The van der Waals surface area contributed by atoms with Crippen LogP contribution in [0, 0.1) is 10.8 Å². The summed E-state index contributed by atoms with van der Waals surface area (Å²) in [5, 5.41) is 9.62. The van der Waals surface area contributed by atoms with Gasteiger partial charge in [-0.15, -0.1) is 0 Å². The van der Waals surface area contributed by atoms with Gasteiger partial charge in [0.15, 0.2) is 0 Å². The fourth-order valence-electron chi connectivity index (χ4n) is 2.93. The van der Waals surface area contributed by atoms with Gasteiger partial charge in [-0.05, 0) is 42.9 Å². The summed E-state index contributed by atoms with van der Waals surface area (Å²) in [6.07, 6.45) is 6.16. The van der Waals surface area contributed by atoms with Crippen LogP contribution in [0.5, 0.6) is 0 Å². The van der Waals surface area contributed by atoms with Crippen molar-refractivity contribution in [1.82, 2.24) is 0 Å². The zero-order valence-electron chi connectivity index (χ0n) is 7.56. The summed E-state index contributed by atoms with van der Waals surface area (Å²) in [5.41, 5.74) is 0.981. The number of rotatable bonds is 0. The van der Waals surface area contributed by atoms with E-state index < -0.39 is 0 Å². The Morgan fingerprint density at radius 2 is 1.82 bits per heavy atom. The third-order valence-corrected chi connectivity index (χ3v) is 3.27. The molecule has 1 atom stereocenters. The van der Waals surface area contributed by atoms with E-state index in [1.54, 1.807) is 0 Å². The summed E-state index contributed by atoms with van der Waals surface area (Å²) >= 11 is 0. The van der Waals surface area contributed by atoms with E-state index in [9.17, 15) is 5.11 Å². The third kappa shape index (κ3) is 1.44. The molecule has 1 unspecified atom stereocenters. The van der Waals surface area contributed by atoms with Gasteiger partial charge in [0.2, 0.25) is 0 Å². The Bertz CT molecular complexity index is 162. The molecule has 2 saturated carbocycles. The molecule has 1 nitrogen and oxygen atoms in total. The van der Waals surface area contributed by atoms with Crippen molar-refractivity contribution in [2.75, 3.05) is 0 Å². The molecule has 0 aliphatic heterocycles. The van der Waals surface area contributed by atoms with E-state index in [0.717, 1.165) is 12.8 Å². The molecular formula is C10H18O. The Hall–Kier alpha value is -0.0400. The van der Waals surface area contributed by atoms with Crippen LogP contribution in [-0.4, -0.2) is 11.2 Å². The average molecular weight is 154 g/mol. The molecule has 1 spiro atoms. The van der Waals surface area contributed by atoms with Gasteiger partial charge in [-0.1, -0.05) is 13.8 Å². The highest BCUT2D eigenvalue weighted by Gasteiger charge is 2.50. The van der Waals surface area contributed by atoms with E-state index in [0.29, 0.717) is 10.8 Å². The van der Waals surface area contributed by atoms with Crippen LogP contribution in [0.2, 0.25) is 0 Å². The van der Waals surface area contributed by atoms with Crippen LogP contribution in [0.25, 0.3) is 0 Å². The van der Waals surface area contributed by atoms with E-state index >= 15 is 0 Å². The van der Waals surface area contributed by atoms with E-state index in [-0.39, 0.29) is 6.10 Å². The predicted molar refractivity (Wildman–Crippen MR) is 45.3 cm³/mol. The number of hydrogen-bond donors (Lipinski definition) is 1. The first-order valence-corrected chi connectivity index (χ1v) is 4.70. The molecule has 0 bridgehead atoms. The van der Waals surface area contributed by atoms with Crippen LogP contribution < -0.4 is 0 Å². The molecule has 0 heterocycles. The highest BCUT2D eigenvalue weighted by Crippen LogP contribution is 2.60. The van der Waals surface area contributed by atoms with E-state index in [4.69, 9.17) is 0 Å². The van der Waals surface area contributed by atoms with Crippen molar-refractivity contribution in [3.63, 3.8) is 0 Å². The minimum atomic E-state index is -0.0127. The summed E-state index contributed by atoms with van der Waals surface area (Å²) in [6.45, 7) is 4.57. The molecule has 2 aliphatic rings. The second kappa shape index (κ2) is 2.01. The molecule has 0 aromatic heterocycles. The Morgan fingerprint density at radius 1 is 1.18 bits per heavy atom. The minimum absolute atomic E-state index is 0.0127. The summed E-state index contributed by atoms with van der Waals surface area (Å²) < 4.78 is 0. The molecule has 0 amide bonds. The van der Waals surface area contributed by atoms with Crippen molar-refractivity contribution in [2.24, 2.45) is 10.8 Å². The molecule has 0 aromatic carbocycles. The summed E-state index contributed by atoms with van der Waals surface area (Å²) in [4.78, 5) is 0. The van der Waals surface area contributed by atoms with Gasteiger partial charge in [0.05, 0.1) is 6.10 Å². The quantitative estimate of drug-likeness (QED) is 0.568. The van der Waals surface area contributed by atoms with Crippen LogP contribution in [0.1, 0.15) is 46.0 Å². The van der Waals surface area contributed by atoms with Crippen LogP contribution >= 0.6 is 0 Å². The van der Waals surface area contributed by atoms with Gasteiger partial charge in [0.25, 0.3) is 0 Å². The molecule has 2 aliphatic carbocycles. The van der Waals surface area contributed by atoms with Crippen LogP contribution in [0.4, 0.5) is 0 Å². The highest BCUT2D eigenvalue weighted by molar-refractivity contribution is 5.02. The maximum atomic E-state index is 9.62. The fraction of sp³-hybridized carbons (Fsp3) is 1.00. The molecule has 0 radical (unpaired) electrons. The predicted octanol–water partition coefficient (Wildman–Crippen LogP) is 2.34. The SMILES string of the molecule is CC1(C)CC(O)CC2(CC2)C1. The van der Waals surface area contributed by atoms with E-state index in [1.165, 1.54) is 19.3 Å². The molecule has 2 fully saturated rings. The highest BCUT2D eigenvalue weighted by atomic mass is 16.3. The number of aliphatic hydroxyl groups is 1. The Labute approximate surface area is 68.8 Å². The van der Waals surface area contributed by atoms with Gasteiger partial charge in [-0.3, -0.25) is 0 Å². The second-order valence-electron chi connectivity index (χ2n) is 5.40. The first kappa shape index (κ1) is 7.60. The van der Waals surface area contributed by atoms with Gasteiger partial charge in [0, 0.05) is 0 Å². The zero-order chi connectivity index (χ0) is 8.11. The fourth-order valence-corrected chi connectivity index (χ4v) is 2.93. The monoisotopic (exact) mass is 154 g/mol. The number of aliphatic hydroxyl groups excluding tert-OH is 1. The summed E-state index contributed by atoms with van der Waals surface area (Å²) in [7, 11) is 0. The molecule has 2 rings (SSSR count). The van der Waals surface area contributed by atoms with Crippen molar-refractivity contribution in [1.29, 1.82) is 0 Å². The van der Waals surface area contributed by atoms with Gasteiger partial charge < -0.3 is 5.11 Å². The molecule has 1 N–H and O–H groups in total. The minimum Gasteiger partial charge on any atom is -0.393 e. The molecule has 1 heteroatoms. The number of hydrogen-bond acceptors (Lipinski definition) is 1. The van der Waals surface area contributed by atoms with Crippen LogP contribution in [0.3, 0.4) is 0 Å². The standard InChI is InChI=1S/C10H18O/c1-9(2)5-8(11)6-10(7-9)3-4-10/h8,11H,3-7H2,1-2H3. The largest absolute Gasteiger partial charge is 0.393 e. The van der Waals surface area contributed by atoms with Crippen molar-refractivity contribution in [3.05, 3.63) is 0 Å². The van der Waals surface area contributed by atoms with E-state index in [1.807, 2.05) is 0 Å². The maximum absolute atomic E-state index is 9.62. The van der Waals surface area contributed by atoms with Crippen molar-refractivity contribution in [2.45, 2.75) is 52.1 Å². The second-order valence-corrected chi connectivity index (χ2v) is 5.40. The molecule has 0 saturated heterocycles.